The van der Waals surface area contributed by atoms with Crippen LogP contribution >= 0.6 is 0 Å². The standard InChI is InChI=1S/C33H45N7O7/c1-3-4-20-46-33(45)38-18-16-37(17-19-38)28(41)22-34-30(42)26-21-29(40(36-26)25-12-6-5-7-13-25)47-23(2)32(44)39-15-9-14-27(39)31(43)35-24-10-8-11-24/h5-7,12-13,21,23-24,27H,3-4,8-11,14-20,22H2,1-2H3,(H,34,42)(H,35,43)/t23-,27?/m1/s1. The monoisotopic (exact) mass is 651 g/mol. The number of likely N-dealkylation sites (tertiary alicyclic amines) is 1. The third-order valence-electron chi connectivity index (χ3n) is 8.86. The van der Waals surface area contributed by atoms with Gasteiger partial charge < -0.3 is 34.8 Å². The number of rotatable bonds is 12. The molecular formula is C33H45N7O7. The number of carbonyl (C=O) groups excluding carboxylic acids is 5. The molecule has 0 bridgehead atoms. The smallest absolute Gasteiger partial charge is 0.409 e. The van der Waals surface area contributed by atoms with Crippen molar-refractivity contribution in [3.05, 3.63) is 42.1 Å². The van der Waals surface area contributed by atoms with Gasteiger partial charge in [-0.1, -0.05) is 31.5 Å². The van der Waals surface area contributed by atoms with E-state index in [-0.39, 0.29) is 48.0 Å². The number of nitrogens with one attached hydrogen (secondary N) is 2. The highest BCUT2D eigenvalue weighted by molar-refractivity contribution is 5.95. The molecule has 1 unspecified atom stereocenters. The van der Waals surface area contributed by atoms with E-state index in [2.05, 4.69) is 15.7 Å². The quantitative estimate of drug-likeness (QED) is 0.331. The maximum Gasteiger partial charge on any atom is 0.409 e. The van der Waals surface area contributed by atoms with E-state index >= 15 is 0 Å². The van der Waals surface area contributed by atoms with Crippen molar-refractivity contribution in [1.82, 2.24) is 35.1 Å². The summed E-state index contributed by atoms with van der Waals surface area (Å²) < 4.78 is 12.8. The number of nitrogens with zero attached hydrogens (tertiary/aromatic N) is 5. The fraction of sp³-hybridized carbons (Fsp3) is 0.576. The van der Waals surface area contributed by atoms with Gasteiger partial charge in [0.05, 0.1) is 18.8 Å². The highest BCUT2D eigenvalue weighted by Gasteiger charge is 2.38. The molecule has 5 amide bonds. The van der Waals surface area contributed by atoms with Crippen molar-refractivity contribution < 1.29 is 33.4 Å². The fourth-order valence-corrected chi connectivity index (χ4v) is 5.82. The topological polar surface area (TPSA) is 155 Å². The molecule has 1 aromatic carbocycles. The summed E-state index contributed by atoms with van der Waals surface area (Å²) in [7, 11) is 0. The first-order chi connectivity index (χ1) is 22.7. The normalized spacial score (nSPS) is 18.7. The summed E-state index contributed by atoms with van der Waals surface area (Å²) in [5, 5.41) is 10.1. The van der Waals surface area contributed by atoms with E-state index in [9.17, 15) is 24.0 Å². The molecule has 0 radical (unpaired) electrons. The molecular weight excluding hydrogens is 606 g/mol. The lowest BCUT2D eigenvalue weighted by Crippen LogP contribution is -2.52. The first kappa shape index (κ1) is 33.7. The Balaban J connectivity index is 1.19. The number of amides is 5. The number of unbranched alkanes of at least 4 members (excludes halogenated alkanes) is 1. The fourth-order valence-electron chi connectivity index (χ4n) is 5.82. The molecule has 3 aliphatic rings. The summed E-state index contributed by atoms with van der Waals surface area (Å²) in [5.74, 6) is -1.13. The molecule has 1 aromatic heterocycles. The van der Waals surface area contributed by atoms with Gasteiger partial charge in [-0.05, 0) is 57.6 Å². The van der Waals surface area contributed by atoms with Crippen molar-refractivity contribution in [1.29, 1.82) is 0 Å². The number of aromatic nitrogens is 2. The number of benzene rings is 1. The van der Waals surface area contributed by atoms with E-state index in [4.69, 9.17) is 9.47 Å². The van der Waals surface area contributed by atoms with E-state index in [0.717, 1.165) is 38.5 Å². The van der Waals surface area contributed by atoms with E-state index in [1.165, 1.54) is 10.7 Å². The summed E-state index contributed by atoms with van der Waals surface area (Å²) in [5.41, 5.74) is 0.622. The lowest BCUT2D eigenvalue weighted by atomic mass is 9.93. The third kappa shape index (κ3) is 8.40. The molecule has 14 heteroatoms. The van der Waals surface area contributed by atoms with Crippen molar-refractivity contribution in [2.24, 2.45) is 0 Å². The number of ether oxygens (including phenoxy) is 2. The molecule has 2 aliphatic heterocycles. The first-order valence-electron chi connectivity index (χ1n) is 16.7. The number of hydrogen-bond acceptors (Lipinski definition) is 8. The molecule has 3 heterocycles. The van der Waals surface area contributed by atoms with Crippen LogP contribution in [0, 0.1) is 0 Å². The Morgan fingerprint density at radius 3 is 2.36 bits per heavy atom. The van der Waals surface area contributed by atoms with Gasteiger partial charge in [-0.2, -0.15) is 5.10 Å². The molecule has 2 aromatic rings. The van der Waals surface area contributed by atoms with Gasteiger partial charge in [-0.15, -0.1) is 0 Å². The Hall–Kier alpha value is -4.62. The van der Waals surface area contributed by atoms with Gasteiger partial charge in [0.2, 0.25) is 17.7 Å². The van der Waals surface area contributed by atoms with E-state index in [0.29, 0.717) is 51.4 Å². The minimum Gasteiger partial charge on any atom is -0.464 e. The van der Waals surface area contributed by atoms with Crippen molar-refractivity contribution in [3.63, 3.8) is 0 Å². The molecule has 3 fully saturated rings. The second-order valence-corrected chi connectivity index (χ2v) is 12.2. The van der Waals surface area contributed by atoms with Gasteiger partial charge in [0.15, 0.2) is 11.8 Å². The Bertz CT molecular complexity index is 1420. The maximum atomic E-state index is 13.5. The molecule has 2 N–H and O–H groups in total. The zero-order valence-corrected chi connectivity index (χ0v) is 27.2. The average Bonchev–Trinajstić information content (AvgIpc) is 3.73. The van der Waals surface area contributed by atoms with Crippen LogP contribution in [-0.2, 0) is 19.1 Å². The minimum atomic E-state index is -0.952. The van der Waals surface area contributed by atoms with Crippen LogP contribution in [0.25, 0.3) is 5.69 Å². The maximum absolute atomic E-state index is 13.5. The average molecular weight is 652 g/mol. The van der Waals surface area contributed by atoms with Gasteiger partial charge in [-0.3, -0.25) is 19.2 Å². The lowest BCUT2D eigenvalue weighted by Gasteiger charge is -2.34. The molecule has 254 valence electrons. The molecule has 47 heavy (non-hydrogen) atoms. The Morgan fingerprint density at radius 1 is 0.957 bits per heavy atom. The Labute approximate surface area is 274 Å². The summed E-state index contributed by atoms with van der Waals surface area (Å²) in [6, 6.07) is 10.1. The highest BCUT2D eigenvalue weighted by Crippen LogP contribution is 2.25. The molecule has 14 nitrogen and oxygen atoms in total. The van der Waals surface area contributed by atoms with Gasteiger partial charge in [0.25, 0.3) is 11.8 Å². The number of carbonyl (C=O) groups is 5. The van der Waals surface area contributed by atoms with E-state index < -0.39 is 18.1 Å². The van der Waals surface area contributed by atoms with Crippen molar-refractivity contribution in [3.8, 4) is 11.6 Å². The third-order valence-corrected chi connectivity index (χ3v) is 8.86. The van der Waals surface area contributed by atoms with Crippen LogP contribution < -0.4 is 15.4 Å². The van der Waals surface area contributed by atoms with Crippen molar-refractivity contribution >= 4 is 29.7 Å². The van der Waals surface area contributed by atoms with Crippen molar-refractivity contribution in [2.75, 3.05) is 45.9 Å². The van der Waals surface area contributed by atoms with E-state index in [1.807, 2.05) is 25.1 Å². The zero-order valence-electron chi connectivity index (χ0n) is 27.2. The van der Waals surface area contributed by atoms with Crippen LogP contribution in [0.5, 0.6) is 5.88 Å². The molecule has 5 rings (SSSR count). The predicted molar refractivity (Wildman–Crippen MR) is 171 cm³/mol. The number of hydrogen-bond donors (Lipinski definition) is 2. The van der Waals surface area contributed by atoms with Crippen LogP contribution in [0.4, 0.5) is 4.79 Å². The molecule has 1 saturated carbocycles. The Kier molecular flexibility index (Phi) is 11.3. The molecule has 2 atom stereocenters. The van der Waals surface area contributed by atoms with Crippen LogP contribution in [-0.4, -0.2) is 118 Å². The number of para-hydroxylation sites is 1. The predicted octanol–water partition coefficient (Wildman–Crippen LogP) is 2.11. The number of piperazine rings is 1. The van der Waals surface area contributed by atoms with E-state index in [1.54, 1.807) is 33.8 Å². The van der Waals surface area contributed by atoms with Crippen LogP contribution in [0.3, 0.4) is 0 Å². The molecule has 2 saturated heterocycles. The van der Waals surface area contributed by atoms with Gasteiger partial charge in [0.1, 0.15) is 6.04 Å². The van der Waals surface area contributed by atoms with Crippen LogP contribution in [0.1, 0.15) is 69.3 Å². The largest absolute Gasteiger partial charge is 0.464 e. The van der Waals surface area contributed by atoms with Gasteiger partial charge in [-0.25, -0.2) is 9.48 Å². The van der Waals surface area contributed by atoms with Gasteiger partial charge >= 0.3 is 6.09 Å². The summed E-state index contributed by atoms with van der Waals surface area (Å²) in [4.78, 5) is 69.4. The van der Waals surface area contributed by atoms with Crippen LogP contribution in [0.15, 0.2) is 36.4 Å². The first-order valence-corrected chi connectivity index (χ1v) is 16.7. The van der Waals surface area contributed by atoms with Gasteiger partial charge in [0, 0.05) is 44.8 Å². The molecule has 0 spiro atoms. The Morgan fingerprint density at radius 2 is 1.68 bits per heavy atom. The highest BCUT2D eigenvalue weighted by atomic mass is 16.6. The summed E-state index contributed by atoms with van der Waals surface area (Å²) in [6.07, 6.45) is 4.77. The summed E-state index contributed by atoms with van der Waals surface area (Å²) >= 11 is 0. The van der Waals surface area contributed by atoms with Crippen molar-refractivity contribution in [2.45, 2.75) is 77.0 Å². The summed E-state index contributed by atoms with van der Waals surface area (Å²) in [6.45, 7) is 5.61. The minimum absolute atomic E-state index is 0.00914. The second-order valence-electron chi connectivity index (χ2n) is 12.2. The SMILES string of the molecule is CCCCOC(=O)N1CCN(C(=O)CNC(=O)c2cc(O[C@H](C)C(=O)N3CCCC3C(=O)NC3CCC3)n(-c3ccccc3)n2)CC1. The lowest BCUT2D eigenvalue weighted by molar-refractivity contribution is -0.143. The molecule has 1 aliphatic carbocycles. The zero-order chi connectivity index (χ0) is 33.3. The van der Waals surface area contributed by atoms with Crippen LogP contribution in [0.2, 0.25) is 0 Å². The second kappa shape index (κ2) is 15.8.